The molecule has 5 nitrogen and oxygen atoms in total. The van der Waals surface area contributed by atoms with E-state index < -0.39 is 0 Å². The summed E-state index contributed by atoms with van der Waals surface area (Å²) >= 11 is 0. The third kappa shape index (κ3) is 8.29. The monoisotopic (exact) mass is 435 g/mol. The van der Waals surface area contributed by atoms with E-state index in [4.69, 9.17) is 9.47 Å². The Morgan fingerprint density at radius 1 is 1.13 bits per heavy atom. The number of rotatable bonds is 8. The van der Waals surface area contributed by atoms with Crippen molar-refractivity contribution in [3.05, 3.63) is 23.8 Å². The molecule has 0 aliphatic rings. The number of nitrogens with zero attached hydrogens (tertiary/aromatic N) is 1. The van der Waals surface area contributed by atoms with Gasteiger partial charge in [0.25, 0.3) is 0 Å². The topological polar surface area (TPSA) is 54.9 Å². The highest BCUT2D eigenvalue weighted by molar-refractivity contribution is 14.0. The van der Waals surface area contributed by atoms with Gasteiger partial charge in [-0.2, -0.15) is 0 Å². The van der Waals surface area contributed by atoms with E-state index >= 15 is 0 Å². The van der Waals surface area contributed by atoms with Gasteiger partial charge in [0.2, 0.25) is 0 Å². The lowest BCUT2D eigenvalue weighted by Crippen LogP contribution is -2.37. The van der Waals surface area contributed by atoms with Gasteiger partial charge in [-0.3, -0.25) is 4.99 Å². The molecule has 0 spiro atoms. The first-order chi connectivity index (χ1) is 10.6. The van der Waals surface area contributed by atoms with Crippen molar-refractivity contribution in [1.29, 1.82) is 0 Å². The summed E-state index contributed by atoms with van der Waals surface area (Å²) in [6, 6.07) is 5.90. The number of methoxy groups -OCH3 is 2. The summed E-state index contributed by atoms with van der Waals surface area (Å²) < 4.78 is 10.6. The molecule has 0 aliphatic heterocycles. The zero-order valence-corrected chi connectivity index (χ0v) is 17.1. The van der Waals surface area contributed by atoms with E-state index in [1.54, 1.807) is 21.3 Å². The van der Waals surface area contributed by atoms with Crippen molar-refractivity contribution in [3.63, 3.8) is 0 Å². The maximum absolute atomic E-state index is 5.31. The fourth-order valence-corrected chi connectivity index (χ4v) is 2.11. The number of aliphatic imine (C=N–C) groups is 1. The lowest BCUT2D eigenvalue weighted by molar-refractivity contribution is 0.354. The molecule has 0 fully saturated rings. The molecule has 0 atom stereocenters. The number of guanidine groups is 1. The predicted molar refractivity (Wildman–Crippen MR) is 107 cm³/mol. The minimum atomic E-state index is 0. The highest BCUT2D eigenvalue weighted by atomic mass is 127. The van der Waals surface area contributed by atoms with Gasteiger partial charge < -0.3 is 20.1 Å². The van der Waals surface area contributed by atoms with Crippen LogP contribution < -0.4 is 20.1 Å². The van der Waals surface area contributed by atoms with Gasteiger partial charge in [0.1, 0.15) is 0 Å². The van der Waals surface area contributed by atoms with Gasteiger partial charge in [-0.25, -0.2) is 0 Å². The number of nitrogens with one attached hydrogen (secondary N) is 2. The SMILES string of the molecule is CN=C(NCCCC(C)C)NCc1ccc(OC)c(OC)c1.I. The molecule has 0 amide bonds. The van der Waals surface area contributed by atoms with Crippen LogP contribution in [0.15, 0.2) is 23.2 Å². The Morgan fingerprint density at radius 2 is 1.83 bits per heavy atom. The number of hydrogen-bond donors (Lipinski definition) is 2. The van der Waals surface area contributed by atoms with Gasteiger partial charge in [-0.05, 0) is 36.5 Å². The lowest BCUT2D eigenvalue weighted by atomic mass is 10.1. The summed E-state index contributed by atoms with van der Waals surface area (Å²) in [7, 11) is 5.06. The molecule has 1 rings (SSSR count). The molecule has 0 aliphatic carbocycles. The zero-order chi connectivity index (χ0) is 16.4. The normalized spacial score (nSPS) is 11.0. The van der Waals surface area contributed by atoms with Crippen molar-refractivity contribution in [3.8, 4) is 11.5 Å². The summed E-state index contributed by atoms with van der Waals surface area (Å²) in [4.78, 5) is 4.23. The lowest BCUT2D eigenvalue weighted by Gasteiger charge is -2.14. The Bertz CT molecular complexity index is 479. The largest absolute Gasteiger partial charge is 0.493 e. The molecule has 2 N–H and O–H groups in total. The molecule has 1 aromatic rings. The van der Waals surface area contributed by atoms with Gasteiger partial charge >= 0.3 is 0 Å². The first-order valence-corrected chi connectivity index (χ1v) is 7.76. The maximum Gasteiger partial charge on any atom is 0.191 e. The summed E-state index contributed by atoms with van der Waals surface area (Å²) in [6.07, 6.45) is 2.37. The smallest absolute Gasteiger partial charge is 0.191 e. The fraction of sp³-hybridized carbons (Fsp3) is 0.588. The van der Waals surface area contributed by atoms with Crippen LogP contribution in [0.4, 0.5) is 0 Å². The van der Waals surface area contributed by atoms with Gasteiger partial charge in [-0.15, -0.1) is 24.0 Å². The highest BCUT2D eigenvalue weighted by Crippen LogP contribution is 2.27. The van der Waals surface area contributed by atoms with Crippen LogP contribution in [-0.2, 0) is 6.54 Å². The number of halogens is 1. The van der Waals surface area contributed by atoms with Crippen molar-refractivity contribution in [2.75, 3.05) is 27.8 Å². The Labute approximate surface area is 157 Å². The average Bonchev–Trinajstić information content (AvgIpc) is 2.53. The van der Waals surface area contributed by atoms with Crippen molar-refractivity contribution in [2.45, 2.75) is 33.2 Å². The van der Waals surface area contributed by atoms with Crippen LogP contribution in [0.3, 0.4) is 0 Å². The molecular weight excluding hydrogens is 405 g/mol. The van der Waals surface area contributed by atoms with Crippen molar-refractivity contribution in [2.24, 2.45) is 10.9 Å². The highest BCUT2D eigenvalue weighted by Gasteiger charge is 2.05. The van der Waals surface area contributed by atoms with E-state index in [9.17, 15) is 0 Å². The quantitative estimate of drug-likeness (QED) is 0.285. The van der Waals surface area contributed by atoms with Crippen molar-refractivity contribution >= 4 is 29.9 Å². The second-order valence-electron chi connectivity index (χ2n) is 5.58. The molecule has 6 heteroatoms. The van der Waals surface area contributed by atoms with Crippen molar-refractivity contribution in [1.82, 2.24) is 10.6 Å². The third-order valence-corrected chi connectivity index (χ3v) is 3.38. The average molecular weight is 435 g/mol. The predicted octanol–water partition coefficient (Wildman–Crippen LogP) is 3.42. The van der Waals surface area contributed by atoms with E-state index in [-0.39, 0.29) is 24.0 Å². The van der Waals surface area contributed by atoms with Gasteiger partial charge in [-0.1, -0.05) is 19.9 Å². The summed E-state index contributed by atoms with van der Waals surface area (Å²) in [6.45, 7) is 6.10. The molecule has 0 heterocycles. The number of ether oxygens (including phenoxy) is 2. The molecule has 0 saturated carbocycles. The summed E-state index contributed by atoms with van der Waals surface area (Å²) in [5.74, 6) is 3.03. The number of hydrogen-bond acceptors (Lipinski definition) is 3. The van der Waals surface area contributed by atoms with E-state index in [0.29, 0.717) is 6.54 Å². The Kier molecular flexibility index (Phi) is 11.6. The van der Waals surface area contributed by atoms with Crippen LogP contribution in [0.2, 0.25) is 0 Å². The minimum absolute atomic E-state index is 0. The van der Waals surface area contributed by atoms with Crippen LogP contribution in [-0.4, -0.2) is 33.8 Å². The molecule has 0 radical (unpaired) electrons. The number of benzene rings is 1. The standard InChI is InChI=1S/C17H29N3O2.HI/c1-13(2)7-6-10-19-17(18-3)20-12-14-8-9-15(21-4)16(11-14)22-5;/h8-9,11,13H,6-7,10,12H2,1-5H3,(H2,18,19,20);1H. The first-order valence-electron chi connectivity index (χ1n) is 7.76. The van der Waals surface area contributed by atoms with Crippen LogP contribution in [0.5, 0.6) is 11.5 Å². The maximum atomic E-state index is 5.31. The molecule has 23 heavy (non-hydrogen) atoms. The van der Waals surface area contributed by atoms with Crippen molar-refractivity contribution < 1.29 is 9.47 Å². The molecule has 0 aromatic heterocycles. The summed E-state index contributed by atoms with van der Waals surface area (Å²) in [5.41, 5.74) is 1.11. The Morgan fingerprint density at radius 3 is 2.39 bits per heavy atom. The first kappa shape index (κ1) is 21.8. The Balaban J connectivity index is 0.00000484. The summed E-state index contributed by atoms with van der Waals surface area (Å²) in [5, 5.41) is 6.63. The van der Waals surface area contributed by atoms with Gasteiger partial charge in [0.05, 0.1) is 14.2 Å². The Hall–Kier alpha value is -1.18. The van der Waals surface area contributed by atoms with E-state index in [0.717, 1.165) is 41.9 Å². The van der Waals surface area contributed by atoms with Crippen LogP contribution in [0, 0.1) is 5.92 Å². The van der Waals surface area contributed by atoms with Crippen LogP contribution >= 0.6 is 24.0 Å². The zero-order valence-electron chi connectivity index (χ0n) is 14.8. The molecule has 0 unspecified atom stereocenters. The van der Waals surface area contributed by atoms with E-state index in [1.807, 2.05) is 18.2 Å². The van der Waals surface area contributed by atoms with Gasteiger partial charge in [0.15, 0.2) is 17.5 Å². The second kappa shape index (κ2) is 12.3. The van der Waals surface area contributed by atoms with Gasteiger partial charge in [0, 0.05) is 20.1 Å². The minimum Gasteiger partial charge on any atom is -0.493 e. The fourth-order valence-electron chi connectivity index (χ4n) is 2.11. The molecule has 0 bridgehead atoms. The van der Waals surface area contributed by atoms with Crippen LogP contribution in [0.1, 0.15) is 32.3 Å². The van der Waals surface area contributed by atoms with Crippen LogP contribution in [0.25, 0.3) is 0 Å². The van der Waals surface area contributed by atoms with E-state index in [2.05, 4.69) is 29.5 Å². The molecule has 1 aromatic carbocycles. The third-order valence-electron chi connectivity index (χ3n) is 3.38. The second-order valence-corrected chi connectivity index (χ2v) is 5.58. The molecular formula is C17H30IN3O2. The molecule has 132 valence electrons. The molecule has 0 saturated heterocycles. The van der Waals surface area contributed by atoms with E-state index in [1.165, 1.54) is 6.42 Å².